The summed E-state index contributed by atoms with van der Waals surface area (Å²) in [4.78, 5) is 42.9. The third-order valence-corrected chi connectivity index (χ3v) is 6.49. The van der Waals surface area contributed by atoms with Gasteiger partial charge in [0.05, 0.1) is 17.3 Å². The Kier molecular flexibility index (Phi) is 5.24. The lowest BCUT2D eigenvalue weighted by molar-refractivity contribution is -0.134. The number of fused-ring (bicyclic) bond motifs is 3. The number of halogens is 1. The second-order valence-corrected chi connectivity index (χ2v) is 8.34. The molecular weight excluding hydrogens is 446 g/mol. The minimum absolute atomic E-state index is 0.160. The minimum atomic E-state index is -1.41. The van der Waals surface area contributed by atoms with Crippen molar-refractivity contribution in [3.05, 3.63) is 76.8 Å². The van der Waals surface area contributed by atoms with Gasteiger partial charge >= 0.3 is 0 Å². The molecule has 0 radical (unpaired) electrons. The molecule has 2 heterocycles. The van der Waals surface area contributed by atoms with Crippen molar-refractivity contribution in [2.24, 2.45) is 0 Å². The molecule has 0 bridgehead atoms. The molecule has 0 saturated carbocycles. The van der Waals surface area contributed by atoms with E-state index in [9.17, 15) is 14.4 Å². The van der Waals surface area contributed by atoms with Crippen LogP contribution in [0, 0.1) is 0 Å². The van der Waals surface area contributed by atoms with Crippen LogP contribution in [0.4, 0.5) is 5.69 Å². The zero-order chi connectivity index (χ0) is 21.5. The van der Waals surface area contributed by atoms with E-state index in [-0.39, 0.29) is 43.1 Å². The molecule has 0 aromatic heterocycles. The Balaban J connectivity index is 1.79. The molecule has 2 aromatic rings. The summed E-state index contributed by atoms with van der Waals surface area (Å²) >= 11 is 3.52. The van der Waals surface area contributed by atoms with Crippen LogP contribution in [0.5, 0.6) is 0 Å². The van der Waals surface area contributed by atoms with Crippen molar-refractivity contribution in [1.29, 1.82) is 0 Å². The number of rotatable bonds is 5. The van der Waals surface area contributed by atoms with Crippen LogP contribution in [0.3, 0.4) is 0 Å². The SMILES string of the molecule is C=CCN1C(=O)c2ccccc2N2C(=O)CCC12C(=O)NC(C)c1ccccc1Br. The molecule has 0 spiro atoms. The van der Waals surface area contributed by atoms with Gasteiger partial charge in [0, 0.05) is 23.9 Å². The molecule has 3 amide bonds. The second-order valence-electron chi connectivity index (χ2n) is 7.48. The van der Waals surface area contributed by atoms with Crippen molar-refractivity contribution in [2.45, 2.75) is 31.5 Å². The van der Waals surface area contributed by atoms with Gasteiger partial charge in [0.15, 0.2) is 0 Å². The summed E-state index contributed by atoms with van der Waals surface area (Å²) in [6.45, 7) is 5.80. The third kappa shape index (κ3) is 2.96. The molecule has 6 nitrogen and oxygen atoms in total. The Hall–Kier alpha value is -2.93. The van der Waals surface area contributed by atoms with Crippen molar-refractivity contribution in [3.8, 4) is 0 Å². The Morgan fingerprint density at radius 3 is 2.67 bits per heavy atom. The average Bonchev–Trinajstić information content (AvgIpc) is 3.09. The average molecular weight is 468 g/mol. The van der Waals surface area contributed by atoms with E-state index in [0.29, 0.717) is 11.3 Å². The fraction of sp³-hybridized carbons (Fsp3) is 0.261. The Morgan fingerprint density at radius 2 is 1.93 bits per heavy atom. The minimum Gasteiger partial charge on any atom is -0.346 e. The highest BCUT2D eigenvalue weighted by molar-refractivity contribution is 9.10. The Labute approximate surface area is 183 Å². The maximum Gasteiger partial charge on any atom is 0.267 e. The molecule has 30 heavy (non-hydrogen) atoms. The maximum atomic E-state index is 13.7. The number of nitrogens with zero attached hydrogens (tertiary/aromatic N) is 2. The molecule has 7 heteroatoms. The van der Waals surface area contributed by atoms with Crippen LogP contribution >= 0.6 is 15.9 Å². The molecule has 1 saturated heterocycles. The van der Waals surface area contributed by atoms with Crippen LogP contribution in [0.25, 0.3) is 0 Å². The largest absolute Gasteiger partial charge is 0.346 e. The first-order valence-corrected chi connectivity index (χ1v) is 10.6. The van der Waals surface area contributed by atoms with E-state index >= 15 is 0 Å². The molecule has 2 unspecified atom stereocenters. The van der Waals surface area contributed by atoms with Crippen LogP contribution < -0.4 is 10.2 Å². The van der Waals surface area contributed by atoms with E-state index in [1.54, 1.807) is 30.3 Å². The van der Waals surface area contributed by atoms with Gasteiger partial charge < -0.3 is 10.2 Å². The van der Waals surface area contributed by atoms with E-state index in [0.717, 1.165) is 10.0 Å². The van der Waals surface area contributed by atoms with Gasteiger partial charge in [-0.05, 0) is 30.7 Å². The van der Waals surface area contributed by atoms with Crippen LogP contribution in [0.15, 0.2) is 65.7 Å². The third-order valence-electron chi connectivity index (χ3n) is 5.77. The fourth-order valence-corrected chi connectivity index (χ4v) is 5.01. The van der Waals surface area contributed by atoms with Crippen LogP contribution in [-0.2, 0) is 9.59 Å². The molecule has 2 atom stereocenters. The highest BCUT2D eigenvalue weighted by Gasteiger charge is 2.60. The van der Waals surface area contributed by atoms with Gasteiger partial charge in [-0.3, -0.25) is 19.3 Å². The van der Waals surface area contributed by atoms with Gasteiger partial charge in [0.25, 0.3) is 11.8 Å². The quantitative estimate of drug-likeness (QED) is 0.679. The van der Waals surface area contributed by atoms with Crippen LogP contribution in [0.1, 0.15) is 41.7 Å². The molecule has 1 N–H and O–H groups in total. The maximum absolute atomic E-state index is 13.7. The van der Waals surface area contributed by atoms with Gasteiger partial charge in [-0.15, -0.1) is 6.58 Å². The van der Waals surface area contributed by atoms with E-state index in [2.05, 4.69) is 27.8 Å². The van der Waals surface area contributed by atoms with Crippen molar-refractivity contribution < 1.29 is 14.4 Å². The predicted molar refractivity (Wildman–Crippen MR) is 118 cm³/mol. The number of hydrogen-bond acceptors (Lipinski definition) is 3. The number of para-hydroxylation sites is 1. The van der Waals surface area contributed by atoms with Crippen molar-refractivity contribution >= 4 is 39.3 Å². The highest BCUT2D eigenvalue weighted by atomic mass is 79.9. The molecule has 2 aromatic carbocycles. The molecule has 0 aliphatic carbocycles. The van der Waals surface area contributed by atoms with Crippen molar-refractivity contribution in [2.75, 3.05) is 11.4 Å². The highest BCUT2D eigenvalue weighted by Crippen LogP contribution is 2.44. The van der Waals surface area contributed by atoms with E-state index < -0.39 is 5.66 Å². The summed E-state index contributed by atoms with van der Waals surface area (Å²) < 4.78 is 0.877. The lowest BCUT2D eigenvalue weighted by Crippen LogP contribution is -2.70. The van der Waals surface area contributed by atoms with Gasteiger partial charge in [0.2, 0.25) is 11.6 Å². The standard InChI is InChI=1S/C23H22BrN3O3/c1-3-14-26-21(29)17-9-5-7-11-19(17)27-20(28)12-13-23(26,27)22(30)25-15(2)16-8-4-6-10-18(16)24/h3-11,15H,1,12-14H2,2H3,(H,25,30). The van der Waals surface area contributed by atoms with Gasteiger partial charge in [-0.1, -0.05) is 52.3 Å². The lowest BCUT2D eigenvalue weighted by Gasteiger charge is -2.49. The Bertz CT molecular complexity index is 1050. The van der Waals surface area contributed by atoms with E-state index in [4.69, 9.17) is 0 Å². The summed E-state index contributed by atoms with van der Waals surface area (Å²) in [5.41, 5.74) is 0.397. The number of carbonyl (C=O) groups excluding carboxylic acids is 3. The first kappa shape index (κ1) is 20.3. The molecule has 4 rings (SSSR count). The lowest BCUT2D eigenvalue weighted by atomic mass is 9.95. The summed E-state index contributed by atoms with van der Waals surface area (Å²) in [5.74, 6) is -0.825. The first-order valence-electron chi connectivity index (χ1n) is 9.82. The predicted octanol–water partition coefficient (Wildman–Crippen LogP) is 3.79. The number of nitrogens with one attached hydrogen (secondary N) is 1. The molecule has 2 aliphatic rings. The molecule has 154 valence electrons. The summed E-state index contributed by atoms with van der Waals surface area (Å²) in [7, 11) is 0. The number of anilines is 1. The van der Waals surface area contributed by atoms with Crippen LogP contribution in [-0.4, -0.2) is 34.8 Å². The zero-order valence-electron chi connectivity index (χ0n) is 16.6. The monoisotopic (exact) mass is 467 g/mol. The van der Waals surface area contributed by atoms with E-state index in [1.165, 1.54) is 9.80 Å². The summed E-state index contributed by atoms with van der Waals surface area (Å²) in [6.07, 6.45) is 2.00. The van der Waals surface area contributed by atoms with Crippen LogP contribution in [0.2, 0.25) is 0 Å². The van der Waals surface area contributed by atoms with Gasteiger partial charge in [-0.2, -0.15) is 0 Å². The number of carbonyl (C=O) groups is 3. The number of benzene rings is 2. The Morgan fingerprint density at radius 1 is 1.23 bits per heavy atom. The summed E-state index contributed by atoms with van der Waals surface area (Å²) in [5, 5.41) is 3.04. The van der Waals surface area contributed by atoms with Crippen molar-refractivity contribution in [1.82, 2.24) is 10.2 Å². The molecular formula is C23H22BrN3O3. The molecule has 1 fully saturated rings. The second kappa shape index (κ2) is 7.72. The topological polar surface area (TPSA) is 69.7 Å². The van der Waals surface area contributed by atoms with Gasteiger partial charge in [0.1, 0.15) is 0 Å². The van der Waals surface area contributed by atoms with Gasteiger partial charge in [-0.25, -0.2) is 0 Å². The summed E-state index contributed by atoms with van der Waals surface area (Å²) in [6, 6.07) is 14.2. The first-order chi connectivity index (χ1) is 14.4. The number of amides is 3. The van der Waals surface area contributed by atoms with Crippen molar-refractivity contribution in [3.63, 3.8) is 0 Å². The number of hydrogen-bond donors (Lipinski definition) is 1. The zero-order valence-corrected chi connectivity index (χ0v) is 18.2. The molecule has 2 aliphatic heterocycles. The normalized spacial score (nSPS) is 21.1. The van der Waals surface area contributed by atoms with E-state index in [1.807, 2.05) is 31.2 Å². The fourth-order valence-electron chi connectivity index (χ4n) is 4.38. The smallest absolute Gasteiger partial charge is 0.267 e.